The molecule has 1 fully saturated rings. The molecule has 0 amide bonds. The minimum atomic E-state index is -4.42. The van der Waals surface area contributed by atoms with Crippen molar-refractivity contribution in [1.29, 1.82) is 0 Å². The molecule has 2 aromatic rings. The Morgan fingerprint density at radius 3 is 2.74 bits per heavy atom. The molecule has 1 aromatic carbocycles. The van der Waals surface area contributed by atoms with Crippen LogP contribution in [-0.4, -0.2) is 27.8 Å². The van der Waals surface area contributed by atoms with Crippen LogP contribution in [0.2, 0.25) is 0 Å². The molecule has 4 nitrogen and oxygen atoms in total. The predicted octanol–water partition coefficient (Wildman–Crippen LogP) is 3.31. The Labute approximate surface area is 131 Å². The fourth-order valence-corrected chi connectivity index (χ4v) is 3.12. The summed E-state index contributed by atoms with van der Waals surface area (Å²) in [6.45, 7) is 2.40. The molecule has 3 rings (SSSR count). The molecule has 23 heavy (non-hydrogen) atoms. The Morgan fingerprint density at radius 2 is 2.09 bits per heavy atom. The summed E-state index contributed by atoms with van der Waals surface area (Å²) in [6.07, 6.45) is -4.81. The van der Waals surface area contributed by atoms with Gasteiger partial charge in [0.25, 0.3) is 0 Å². The summed E-state index contributed by atoms with van der Waals surface area (Å²) in [5, 5.41) is 13.8. The van der Waals surface area contributed by atoms with E-state index in [0.717, 1.165) is 6.07 Å². The standard InChI is InChI=1S/C16H17F3N2O2/c1-10-6-11(20-23-10)8-21-9-12(22)7-15(21)13-4-2-3-5-14(13)16(17,18)19/h2-6,12,15,22H,7-9H2,1H3/t12-,15+/m0/s1. The third-order valence-corrected chi connectivity index (χ3v) is 4.05. The van der Waals surface area contributed by atoms with Crippen molar-refractivity contribution in [2.24, 2.45) is 0 Å². The van der Waals surface area contributed by atoms with E-state index < -0.39 is 23.9 Å². The number of benzene rings is 1. The molecule has 2 heterocycles. The molecule has 1 aliphatic heterocycles. The van der Waals surface area contributed by atoms with Crippen molar-refractivity contribution in [3.8, 4) is 0 Å². The van der Waals surface area contributed by atoms with E-state index in [9.17, 15) is 18.3 Å². The maximum Gasteiger partial charge on any atom is 0.416 e. The van der Waals surface area contributed by atoms with Crippen LogP contribution < -0.4 is 0 Å². The van der Waals surface area contributed by atoms with Crippen LogP contribution in [0.4, 0.5) is 13.2 Å². The molecule has 0 saturated carbocycles. The summed E-state index contributed by atoms with van der Waals surface area (Å²) in [6, 6.07) is 6.78. The third kappa shape index (κ3) is 3.40. The zero-order valence-corrected chi connectivity index (χ0v) is 12.5. The van der Waals surface area contributed by atoms with Gasteiger partial charge in [-0.1, -0.05) is 23.4 Å². The summed E-state index contributed by atoms with van der Waals surface area (Å²) in [4.78, 5) is 1.81. The lowest BCUT2D eigenvalue weighted by Gasteiger charge is -2.26. The largest absolute Gasteiger partial charge is 0.416 e. The first kappa shape index (κ1) is 16.0. The number of hydrogen-bond acceptors (Lipinski definition) is 4. The number of aliphatic hydroxyl groups excluding tert-OH is 1. The summed E-state index contributed by atoms with van der Waals surface area (Å²) in [5.74, 6) is 0.645. The number of β-amino-alcohol motifs (C(OH)–C–C–N with tert-alkyl or cyclic N) is 1. The Morgan fingerprint density at radius 1 is 1.35 bits per heavy atom. The van der Waals surface area contributed by atoms with Gasteiger partial charge in [-0.2, -0.15) is 13.2 Å². The molecule has 0 aliphatic carbocycles. The van der Waals surface area contributed by atoms with Gasteiger partial charge in [-0.05, 0) is 25.0 Å². The second-order valence-corrected chi connectivity index (χ2v) is 5.85. The number of rotatable bonds is 3. The van der Waals surface area contributed by atoms with Crippen LogP contribution in [0.15, 0.2) is 34.9 Å². The van der Waals surface area contributed by atoms with Crippen LogP contribution >= 0.6 is 0 Å². The van der Waals surface area contributed by atoms with Gasteiger partial charge >= 0.3 is 6.18 Å². The number of aryl methyl sites for hydroxylation is 1. The third-order valence-electron chi connectivity index (χ3n) is 4.05. The molecular weight excluding hydrogens is 309 g/mol. The van der Waals surface area contributed by atoms with Crippen LogP contribution in [0.1, 0.15) is 35.0 Å². The normalized spacial score (nSPS) is 22.7. The average molecular weight is 326 g/mol. The number of nitrogens with zero attached hydrogens (tertiary/aromatic N) is 2. The lowest BCUT2D eigenvalue weighted by molar-refractivity contribution is -0.138. The van der Waals surface area contributed by atoms with Gasteiger partial charge in [-0.25, -0.2) is 0 Å². The number of aromatic nitrogens is 1. The maximum absolute atomic E-state index is 13.2. The van der Waals surface area contributed by atoms with Crippen molar-refractivity contribution in [3.63, 3.8) is 0 Å². The van der Waals surface area contributed by atoms with Crippen molar-refractivity contribution in [3.05, 3.63) is 52.9 Å². The van der Waals surface area contributed by atoms with E-state index in [1.54, 1.807) is 19.1 Å². The van der Waals surface area contributed by atoms with E-state index in [1.807, 2.05) is 4.90 Å². The molecular formula is C16H17F3N2O2. The van der Waals surface area contributed by atoms with Gasteiger partial charge in [-0.3, -0.25) is 4.90 Å². The molecule has 1 saturated heterocycles. The Bertz CT molecular complexity index is 684. The topological polar surface area (TPSA) is 49.5 Å². The molecule has 0 spiro atoms. The second-order valence-electron chi connectivity index (χ2n) is 5.85. The number of aliphatic hydroxyl groups is 1. The molecule has 7 heteroatoms. The zero-order valence-electron chi connectivity index (χ0n) is 12.5. The van der Waals surface area contributed by atoms with Gasteiger partial charge in [0.2, 0.25) is 0 Å². The van der Waals surface area contributed by atoms with Gasteiger partial charge < -0.3 is 9.63 Å². The lowest BCUT2D eigenvalue weighted by atomic mass is 9.97. The van der Waals surface area contributed by atoms with Crippen molar-refractivity contribution in [2.45, 2.75) is 38.2 Å². The summed E-state index contributed by atoms with van der Waals surface area (Å²) < 4.78 is 44.7. The van der Waals surface area contributed by atoms with E-state index in [2.05, 4.69) is 5.16 Å². The first-order valence-electron chi connectivity index (χ1n) is 7.35. The minimum Gasteiger partial charge on any atom is -0.392 e. The first-order chi connectivity index (χ1) is 10.8. The highest BCUT2D eigenvalue weighted by Crippen LogP contribution is 2.40. The Kier molecular flexibility index (Phi) is 4.16. The predicted molar refractivity (Wildman–Crippen MR) is 76.5 cm³/mol. The fourth-order valence-electron chi connectivity index (χ4n) is 3.12. The SMILES string of the molecule is Cc1cc(CN2C[C@@H](O)C[C@@H]2c2ccccc2C(F)(F)F)no1. The number of hydrogen-bond donors (Lipinski definition) is 1. The van der Waals surface area contributed by atoms with Crippen molar-refractivity contribution in [1.82, 2.24) is 10.1 Å². The molecule has 1 N–H and O–H groups in total. The highest BCUT2D eigenvalue weighted by Gasteiger charge is 2.39. The van der Waals surface area contributed by atoms with E-state index in [0.29, 0.717) is 24.5 Å². The molecule has 0 radical (unpaired) electrons. The van der Waals surface area contributed by atoms with E-state index in [4.69, 9.17) is 4.52 Å². The van der Waals surface area contributed by atoms with Crippen LogP contribution in [0.3, 0.4) is 0 Å². The number of likely N-dealkylation sites (tertiary alicyclic amines) is 1. The highest BCUT2D eigenvalue weighted by atomic mass is 19.4. The highest BCUT2D eigenvalue weighted by molar-refractivity contribution is 5.33. The molecule has 0 bridgehead atoms. The van der Waals surface area contributed by atoms with E-state index >= 15 is 0 Å². The number of halogens is 3. The Hall–Kier alpha value is -1.86. The molecule has 2 atom stereocenters. The van der Waals surface area contributed by atoms with E-state index in [-0.39, 0.29) is 12.0 Å². The smallest absolute Gasteiger partial charge is 0.392 e. The fraction of sp³-hybridized carbons (Fsp3) is 0.438. The first-order valence-corrected chi connectivity index (χ1v) is 7.35. The van der Waals surface area contributed by atoms with Gasteiger partial charge in [0, 0.05) is 25.2 Å². The van der Waals surface area contributed by atoms with E-state index in [1.165, 1.54) is 12.1 Å². The lowest BCUT2D eigenvalue weighted by Crippen LogP contribution is -2.26. The van der Waals surface area contributed by atoms with Gasteiger partial charge in [-0.15, -0.1) is 0 Å². The van der Waals surface area contributed by atoms with Crippen molar-refractivity contribution >= 4 is 0 Å². The summed E-state index contributed by atoms with van der Waals surface area (Å²) in [7, 11) is 0. The second kappa shape index (κ2) is 5.98. The van der Waals surface area contributed by atoms with Gasteiger partial charge in [0.15, 0.2) is 0 Å². The van der Waals surface area contributed by atoms with Crippen LogP contribution in [-0.2, 0) is 12.7 Å². The molecule has 124 valence electrons. The summed E-state index contributed by atoms with van der Waals surface area (Å²) in [5.41, 5.74) is 0.184. The average Bonchev–Trinajstić information content (AvgIpc) is 3.04. The zero-order chi connectivity index (χ0) is 16.6. The van der Waals surface area contributed by atoms with Crippen molar-refractivity contribution < 1.29 is 22.8 Å². The molecule has 1 aromatic heterocycles. The maximum atomic E-state index is 13.2. The molecule has 1 aliphatic rings. The molecule has 0 unspecified atom stereocenters. The van der Waals surface area contributed by atoms with Gasteiger partial charge in [0.05, 0.1) is 17.4 Å². The monoisotopic (exact) mass is 326 g/mol. The summed E-state index contributed by atoms with van der Waals surface area (Å²) >= 11 is 0. The van der Waals surface area contributed by atoms with Crippen LogP contribution in [0, 0.1) is 6.92 Å². The number of alkyl halides is 3. The minimum absolute atomic E-state index is 0.191. The van der Waals surface area contributed by atoms with Crippen LogP contribution in [0.25, 0.3) is 0 Å². The van der Waals surface area contributed by atoms with Crippen molar-refractivity contribution in [2.75, 3.05) is 6.54 Å². The van der Waals surface area contributed by atoms with Gasteiger partial charge in [0.1, 0.15) is 5.76 Å². The van der Waals surface area contributed by atoms with Crippen LogP contribution in [0.5, 0.6) is 0 Å². The Balaban J connectivity index is 1.91. The quantitative estimate of drug-likeness (QED) is 0.940.